The highest BCUT2D eigenvalue weighted by Gasteiger charge is 2.24. The summed E-state index contributed by atoms with van der Waals surface area (Å²) in [7, 11) is 1.64. The molecule has 0 radical (unpaired) electrons. The monoisotopic (exact) mass is 532 g/mol. The fourth-order valence-electron chi connectivity index (χ4n) is 3.96. The summed E-state index contributed by atoms with van der Waals surface area (Å²) in [4.78, 5) is 23.4. The molecule has 0 atom stereocenters. The summed E-state index contributed by atoms with van der Waals surface area (Å²) in [5.74, 6) is 3.52. The summed E-state index contributed by atoms with van der Waals surface area (Å²) in [6, 6.07) is 18.1. The van der Waals surface area contributed by atoms with Crippen molar-refractivity contribution in [3.05, 3.63) is 77.4 Å². The first kappa shape index (κ1) is 28.0. The number of carbonyl (C=O) groups is 2. The first-order valence-electron chi connectivity index (χ1n) is 13.3. The van der Waals surface area contributed by atoms with Gasteiger partial charge in [0.15, 0.2) is 11.6 Å². The van der Waals surface area contributed by atoms with Crippen molar-refractivity contribution in [2.75, 3.05) is 20.3 Å². The van der Waals surface area contributed by atoms with E-state index in [1.54, 1.807) is 26.2 Å². The van der Waals surface area contributed by atoms with Gasteiger partial charge >= 0.3 is 0 Å². The molecule has 2 saturated carbocycles. The third kappa shape index (κ3) is 8.24. The predicted octanol–water partition coefficient (Wildman–Crippen LogP) is 6.65. The van der Waals surface area contributed by atoms with E-state index in [1.807, 2.05) is 42.5 Å². The minimum atomic E-state index is -0.168. The number of methoxy groups -OCH3 is 1. The maximum Gasteiger partial charge on any atom is 0.167 e. The highest BCUT2D eigenvalue weighted by molar-refractivity contribution is 6.00. The first-order chi connectivity index (χ1) is 18.9. The van der Waals surface area contributed by atoms with E-state index in [1.165, 1.54) is 38.7 Å². The van der Waals surface area contributed by atoms with E-state index < -0.39 is 0 Å². The molecule has 0 aliphatic heterocycles. The first-order valence-corrected chi connectivity index (χ1v) is 13.3. The zero-order valence-corrected chi connectivity index (χ0v) is 22.8. The highest BCUT2D eigenvalue weighted by Crippen LogP contribution is 2.34. The Bertz CT molecular complexity index is 1270. The number of Topliss-reactive ketones (excluding diaryl/α,β-unsaturated/α-hetero) is 2. The molecule has 0 heterocycles. The lowest BCUT2D eigenvalue weighted by atomic mass is 10.1. The average Bonchev–Trinajstić information content (AvgIpc) is 3.85. The number of hydrogen-bond donors (Lipinski definition) is 1. The van der Waals surface area contributed by atoms with E-state index in [9.17, 15) is 14.7 Å². The molecule has 2 aliphatic carbocycles. The normalized spacial score (nSPS) is 14.0. The van der Waals surface area contributed by atoms with Crippen LogP contribution in [-0.2, 0) is 6.61 Å². The summed E-state index contributed by atoms with van der Waals surface area (Å²) < 4.78 is 22.4. The second-order valence-corrected chi connectivity index (χ2v) is 10.0. The van der Waals surface area contributed by atoms with Crippen LogP contribution in [0.25, 0.3) is 0 Å². The molecule has 0 unspecified atom stereocenters. The maximum atomic E-state index is 12.1. The molecule has 7 heteroatoms. The lowest BCUT2D eigenvalue weighted by Crippen LogP contribution is -2.07. The van der Waals surface area contributed by atoms with E-state index in [-0.39, 0.29) is 22.9 Å². The standard InChI is InChI=1S/C20H22O4.C12H14O3/c1-14(21)20-18(23-12-15-6-7-15)4-3-5-19(20)24-13-16-8-10-17(22-2)11-9-16;1-8(13)12-10(14)3-2-4-11(12)15-7-9-5-6-9/h3-5,8-11,15H,6-7,12-13H2,1-2H3;2-4,9,14H,5-7H2,1H3. The minimum Gasteiger partial charge on any atom is -0.507 e. The molecule has 0 saturated heterocycles. The molecule has 5 rings (SSSR count). The van der Waals surface area contributed by atoms with E-state index in [4.69, 9.17) is 18.9 Å². The molecular weight excluding hydrogens is 496 g/mol. The quantitative estimate of drug-likeness (QED) is 0.261. The van der Waals surface area contributed by atoms with Gasteiger partial charge in [-0.15, -0.1) is 0 Å². The number of phenols is 1. The fourth-order valence-corrected chi connectivity index (χ4v) is 3.96. The molecule has 0 spiro atoms. The van der Waals surface area contributed by atoms with Crippen LogP contribution in [-0.4, -0.2) is 37.0 Å². The lowest BCUT2D eigenvalue weighted by Gasteiger charge is -2.14. The van der Waals surface area contributed by atoms with Gasteiger partial charge in [0.1, 0.15) is 46.5 Å². The number of phenolic OH excluding ortho intramolecular Hbond substituents is 1. The zero-order chi connectivity index (χ0) is 27.8. The predicted molar refractivity (Wildman–Crippen MR) is 148 cm³/mol. The minimum absolute atomic E-state index is 0.00389. The van der Waals surface area contributed by atoms with Crippen LogP contribution >= 0.6 is 0 Å². The Morgan fingerprint density at radius 1 is 0.718 bits per heavy atom. The molecular formula is C32H36O7. The van der Waals surface area contributed by atoms with Crippen LogP contribution in [0.15, 0.2) is 60.7 Å². The van der Waals surface area contributed by atoms with Crippen LogP contribution in [0, 0.1) is 11.8 Å². The van der Waals surface area contributed by atoms with Crippen molar-refractivity contribution in [2.24, 2.45) is 11.8 Å². The zero-order valence-electron chi connectivity index (χ0n) is 22.8. The van der Waals surface area contributed by atoms with E-state index >= 15 is 0 Å². The molecule has 39 heavy (non-hydrogen) atoms. The molecule has 0 bridgehead atoms. The molecule has 2 aliphatic rings. The molecule has 3 aromatic rings. The van der Waals surface area contributed by atoms with Crippen LogP contribution in [0.2, 0.25) is 0 Å². The van der Waals surface area contributed by atoms with Gasteiger partial charge in [0, 0.05) is 0 Å². The smallest absolute Gasteiger partial charge is 0.167 e. The molecule has 7 nitrogen and oxygen atoms in total. The second-order valence-electron chi connectivity index (χ2n) is 10.0. The number of ether oxygens (including phenoxy) is 4. The molecule has 0 aromatic heterocycles. The van der Waals surface area contributed by atoms with E-state index in [2.05, 4.69) is 0 Å². The molecule has 2 fully saturated rings. The molecule has 1 N–H and O–H groups in total. The largest absolute Gasteiger partial charge is 0.507 e. The van der Waals surface area contributed by atoms with Crippen LogP contribution in [0.5, 0.6) is 28.7 Å². The summed E-state index contributed by atoms with van der Waals surface area (Å²) in [5.41, 5.74) is 1.82. The Balaban J connectivity index is 0.000000202. The third-order valence-corrected chi connectivity index (χ3v) is 6.59. The van der Waals surface area contributed by atoms with Gasteiger partial charge in [-0.25, -0.2) is 0 Å². The van der Waals surface area contributed by atoms with Gasteiger partial charge in [-0.05, 0) is 93.3 Å². The van der Waals surface area contributed by atoms with Gasteiger partial charge in [0.25, 0.3) is 0 Å². The van der Waals surface area contributed by atoms with Crippen molar-refractivity contribution >= 4 is 11.6 Å². The van der Waals surface area contributed by atoms with Crippen LogP contribution in [0.4, 0.5) is 0 Å². The van der Waals surface area contributed by atoms with E-state index in [0.717, 1.165) is 11.3 Å². The number of aromatic hydroxyl groups is 1. The number of ketones is 2. The Morgan fingerprint density at radius 3 is 1.69 bits per heavy atom. The van der Waals surface area contributed by atoms with Crippen LogP contribution in [0.3, 0.4) is 0 Å². The van der Waals surface area contributed by atoms with E-state index in [0.29, 0.717) is 54.5 Å². The van der Waals surface area contributed by atoms with Crippen molar-refractivity contribution in [3.8, 4) is 28.7 Å². The van der Waals surface area contributed by atoms with Gasteiger partial charge in [0.2, 0.25) is 0 Å². The Hall–Kier alpha value is -4.00. The average molecular weight is 533 g/mol. The van der Waals surface area contributed by atoms with Crippen molar-refractivity contribution in [2.45, 2.75) is 46.1 Å². The summed E-state index contributed by atoms with van der Waals surface area (Å²) in [5, 5.41) is 9.54. The van der Waals surface area contributed by atoms with Crippen molar-refractivity contribution in [1.29, 1.82) is 0 Å². The molecule has 206 valence electrons. The topological polar surface area (TPSA) is 91.3 Å². The van der Waals surface area contributed by atoms with Crippen molar-refractivity contribution in [1.82, 2.24) is 0 Å². The number of rotatable bonds is 12. The van der Waals surface area contributed by atoms with Gasteiger partial charge in [-0.3, -0.25) is 9.59 Å². The second kappa shape index (κ2) is 13.2. The van der Waals surface area contributed by atoms with Gasteiger partial charge in [-0.2, -0.15) is 0 Å². The molecule has 0 amide bonds. The number of carbonyl (C=O) groups excluding carboxylic acids is 2. The summed E-state index contributed by atoms with van der Waals surface area (Å²) in [6.45, 7) is 4.67. The Labute approximate surface area is 229 Å². The third-order valence-electron chi connectivity index (χ3n) is 6.59. The molecule has 3 aromatic carbocycles. The van der Waals surface area contributed by atoms with Crippen LogP contribution < -0.4 is 18.9 Å². The van der Waals surface area contributed by atoms with Crippen molar-refractivity contribution in [3.63, 3.8) is 0 Å². The van der Waals surface area contributed by atoms with Gasteiger partial charge in [-0.1, -0.05) is 24.3 Å². The SMILES string of the molecule is CC(=O)c1c(O)cccc1OCC1CC1.COc1ccc(COc2cccc(OCC3CC3)c2C(C)=O)cc1. The highest BCUT2D eigenvalue weighted by atomic mass is 16.5. The van der Waals surface area contributed by atoms with Gasteiger partial charge < -0.3 is 24.1 Å². The van der Waals surface area contributed by atoms with Gasteiger partial charge in [0.05, 0.1) is 20.3 Å². The van der Waals surface area contributed by atoms with Crippen molar-refractivity contribution < 1.29 is 33.6 Å². The Kier molecular flexibility index (Phi) is 9.47. The summed E-state index contributed by atoms with van der Waals surface area (Å²) in [6.07, 6.45) is 4.83. The van der Waals surface area contributed by atoms with Crippen LogP contribution in [0.1, 0.15) is 65.8 Å². The summed E-state index contributed by atoms with van der Waals surface area (Å²) >= 11 is 0. The Morgan fingerprint density at radius 2 is 1.21 bits per heavy atom. The number of hydrogen-bond acceptors (Lipinski definition) is 7. The number of benzene rings is 3. The fraction of sp³-hybridized carbons (Fsp3) is 0.375. The maximum absolute atomic E-state index is 12.1. The lowest BCUT2D eigenvalue weighted by molar-refractivity contribution is 0.0996.